The lowest BCUT2D eigenvalue weighted by atomic mass is 9.96. The summed E-state index contributed by atoms with van der Waals surface area (Å²) >= 11 is 0. The third kappa shape index (κ3) is 5.93. The Labute approximate surface area is 170 Å². The second kappa shape index (κ2) is 9.88. The molecule has 150 valence electrons. The molecule has 2 aromatic carbocycles. The molecule has 0 aromatic heterocycles. The zero-order valence-corrected chi connectivity index (χ0v) is 17.5. The van der Waals surface area contributed by atoms with E-state index in [1.165, 1.54) is 37.1 Å². The van der Waals surface area contributed by atoms with Crippen LogP contribution in [0.2, 0.25) is 0 Å². The minimum atomic E-state index is 0.00708. The van der Waals surface area contributed by atoms with Gasteiger partial charge in [-0.15, -0.1) is 0 Å². The number of amides is 1. The van der Waals surface area contributed by atoms with Gasteiger partial charge in [-0.1, -0.05) is 63.2 Å². The summed E-state index contributed by atoms with van der Waals surface area (Å²) in [4.78, 5) is 15.4. The Morgan fingerprint density at radius 1 is 1.11 bits per heavy atom. The summed E-state index contributed by atoms with van der Waals surface area (Å²) in [6.07, 6.45) is 3.56. The van der Waals surface area contributed by atoms with Crippen molar-refractivity contribution in [2.75, 3.05) is 13.1 Å². The van der Waals surface area contributed by atoms with E-state index < -0.39 is 0 Å². The van der Waals surface area contributed by atoms with Crippen molar-refractivity contribution in [3.63, 3.8) is 0 Å². The molecule has 2 aromatic rings. The molecular formula is C25H34N2O. The first kappa shape index (κ1) is 20.6. The largest absolute Gasteiger partial charge is 0.345 e. The third-order valence-corrected chi connectivity index (χ3v) is 5.58. The molecule has 0 aliphatic carbocycles. The van der Waals surface area contributed by atoms with E-state index in [4.69, 9.17) is 0 Å². The summed E-state index contributed by atoms with van der Waals surface area (Å²) in [5.41, 5.74) is 3.19. The molecule has 1 aliphatic rings. The van der Waals surface area contributed by atoms with Crippen LogP contribution >= 0.6 is 0 Å². The quantitative estimate of drug-likeness (QED) is 0.696. The predicted molar refractivity (Wildman–Crippen MR) is 116 cm³/mol. The van der Waals surface area contributed by atoms with Crippen LogP contribution in [0.1, 0.15) is 67.6 Å². The van der Waals surface area contributed by atoms with Crippen LogP contribution in [0.4, 0.5) is 0 Å². The fourth-order valence-corrected chi connectivity index (χ4v) is 4.13. The maximum absolute atomic E-state index is 12.8. The van der Waals surface area contributed by atoms with Gasteiger partial charge in [-0.05, 0) is 60.9 Å². The van der Waals surface area contributed by atoms with E-state index in [1.807, 2.05) is 30.3 Å². The van der Waals surface area contributed by atoms with E-state index in [9.17, 15) is 4.79 Å². The summed E-state index contributed by atoms with van der Waals surface area (Å²) in [7, 11) is 0. The highest BCUT2D eigenvalue weighted by Crippen LogP contribution is 2.22. The summed E-state index contributed by atoms with van der Waals surface area (Å²) in [5, 5.41) is 3.24. The standard InChI is InChI=1S/C25H34N2O/c1-19(2)16-24(22-9-5-4-6-10-22)26-25(28)23-13-11-21(12-14-23)18-27-15-7-8-20(3)17-27/h4-6,9-14,19-20,24H,7-8,15-18H2,1-3H3,(H,26,28)/t20-,24+/m0/s1. The predicted octanol–water partition coefficient (Wildman–Crippen LogP) is 5.44. The van der Waals surface area contributed by atoms with Crippen molar-refractivity contribution < 1.29 is 4.79 Å². The number of benzene rings is 2. The number of piperidine rings is 1. The molecule has 0 bridgehead atoms. The Balaban J connectivity index is 1.62. The number of rotatable bonds is 7. The van der Waals surface area contributed by atoms with Crippen molar-refractivity contribution in [2.24, 2.45) is 11.8 Å². The van der Waals surface area contributed by atoms with Gasteiger partial charge >= 0.3 is 0 Å². The topological polar surface area (TPSA) is 32.3 Å². The van der Waals surface area contributed by atoms with E-state index in [0.717, 1.165) is 24.4 Å². The van der Waals surface area contributed by atoms with Gasteiger partial charge in [0, 0.05) is 18.7 Å². The van der Waals surface area contributed by atoms with Crippen LogP contribution in [0.3, 0.4) is 0 Å². The molecule has 0 spiro atoms. The number of nitrogens with one attached hydrogen (secondary N) is 1. The molecule has 3 rings (SSSR count). The smallest absolute Gasteiger partial charge is 0.251 e. The molecule has 3 nitrogen and oxygen atoms in total. The van der Waals surface area contributed by atoms with Crippen LogP contribution in [0.5, 0.6) is 0 Å². The average molecular weight is 379 g/mol. The van der Waals surface area contributed by atoms with E-state index in [2.05, 4.69) is 55.3 Å². The summed E-state index contributed by atoms with van der Waals surface area (Å²) in [6, 6.07) is 18.5. The van der Waals surface area contributed by atoms with Crippen molar-refractivity contribution >= 4 is 5.91 Å². The molecule has 0 unspecified atom stereocenters. The minimum Gasteiger partial charge on any atom is -0.345 e. The molecule has 3 heteroatoms. The molecule has 0 radical (unpaired) electrons. The van der Waals surface area contributed by atoms with E-state index in [0.29, 0.717) is 5.92 Å². The van der Waals surface area contributed by atoms with Gasteiger partial charge in [-0.25, -0.2) is 0 Å². The Morgan fingerprint density at radius 3 is 2.46 bits per heavy atom. The number of carbonyl (C=O) groups excluding carboxylic acids is 1. The van der Waals surface area contributed by atoms with Gasteiger partial charge in [0.05, 0.1) is 6.04 Å². The van der Waals surface area contributed by atoms with Gasteiger partial charge in [-0.3, -0.25) is 9.69 Å². The van der Waals surface area contributed by atoms with Crippen LogP contribution in [-0.2, 0) is 6.54 Å². The second-order valence-corrected chi connectivity index (χ2v) is 8.75. The molecule has 1 heterocycles. The Hall–Kier alpha value is -2.13. The molecule has 1 aliphatic heterocycles. The fourth-order valence-electron chi connectivity index (χ4n) is 4.13. The van der Waals surface area contributed by atoms with Crippen molar-refractivity contribution in [2.45, 2.75) is 52.6 Å². The molecule has 1 saturated heterocycles. The summed E-state index contributed by atoms with van der Waals surface area (Å²) in [5.74, 6) is 1.31. The normalized spacial score (nSPS) is 18.8. The highest BCUT2D eigenvalue weighted by Gasteiger charge is 2.18. The lowest BCUT2D eigenvalue weighted by Crippen LogP contribution is -2.33. The van der Waals surface area contributed by atoms with E-state index >= 15 is 0 Å². The highest BCUT2D eigenvalue weighted by molar-refractivity contribution is 5.94. The molecule has 2 atom stereocenters. The van der Waals surface area contributed by atoms with Gasteiger partial charge in [0.2, 0.25) is 0 Å². The Kier molecular flexibility index (Phi) is 7.27. The highest BCUT2D eigenvalue weighted by atomic mass is 16.1. The molecular weight excluding hydrogens is 344 g/mol. The zero-order valence-electron chi connectivity index (χ0n) is 17.5. The summed E-state index contributed by atoms with van der Waals surface area (Å²) < 4.78 is 0. The number of nitrogens with zero attached hydrogens (tertiary/aromatic N) is 1. The van der Waals surface area contributed by atoms with Crippen molar-refractivity contribution in [1.29, 1.82) is 0 Å². The van der Waals surface area contributed by atoms with Gasteiger partial charge in [0.1, 0.15) is 0 Å². The lowest BCUT2D eigenvalue weighted by Gasteiger charge is -2.30. The van der Waals surface area contributed by atoms with Gasteiger partial charge in [0.15, 0.2) is 0 Å². The van der Waals surface area contributed by atoms with Crippen LogP contribution in [-0.4, -0.2) is 23.9 Å². The minimum absolute atomic E-state index is 0.00708. The average Bonchev–Trinajstić information content (AvgIpc) is 2.68. The van der Waals surface area contributed by atoms with Gasteiger partial charge in [-0.2, -0.15) is 0 Å². The number of carbonyl (C=O) groups is 1. The molecule has 1 N–H and O–H groups in total. The van der Waals surface area contributed by atoms with Crippen LogP contribution in [0.25, 0.3) is 0 Å². The van der Waals surface area contributed by atoms with Crippen LogP contribution in [0, 0.1) is 11.8 Å². The van der Waals surface area contributed by atoms with Crippen molar-refractivity contribution in [3.8, 4) is 0 Å². The monoisotopic (exact) mass is 378 g/mol. The number of hydrogen-bond donors (Lipinski definition) is 1. The Morgan fingerprint density at radius 2 is 1.82 bits per heavy atom. The maximum atomic E-state index is 12.8. The maximum Gasteiger partial charge on any atom is 0.251 e. The lowest BCUT2D eigenvalue weighted by molar-refractivity contribution is 0.0932. The van der Waals surface area contributed by atoms with Crippen molar-refractivity contribution in [1.82, 2.24) is 10.2 Å². The van der Waals surface area contributed by atoms with Crippen LogP contribution in [0.15, 0.2) is 54.6 Å². The third-order valence-electron chi connectivity index (χ3n) is 5.58. The van der Waals surface area contributed by atoms with Crippen molar-refractivity contribution in [3.05, 3.63) is 71.3 Å². The SMILES string of the molecule is CC(C)C[C@@H](NC(=O)c1ccc(CN2CCC[C@H](C)C2)cc1)c1ccccc1. The number of likely N-dealkylation sites (tertiary alicyclic amines) is 1. The summed E-state index contributed by atoms with van der Waals surface area (Å²) in [6.45, 7) is 10.1. The molecule has 0 saturated carbocycles. The molecule has 1 fully saturated rings. The van der Waals surface area contributed by atoms with Gasteiger partial charge < -0.3 is 5.32 Å². The Bertz CT molecular complexity index is 739. The first-order valence-electron chi connectivity index (χ1n) is 10.7. The second-order valence-electron chi connectivity index (χ2n) is 8.75. The van der Waals surface area contributed by atoms with E-state index in [1.54, 1.807) is 0 Å². The molecule has 1 amide bonds. The zero-order chi connectivity index (χ0) is 19.9. The first-order chi connectivity index (χ1) is 13.5. The van der Waals surface area contributed by atoms with Gasteiger partial charge in [0.25, 0.3) is 5.91 Å². The fraction of sp³-hybridized carbons (Fsp3) is 0.480. The van der Waals surface area contributed by atoms with E-state index in [-0.39, 0.29) is 11.9 Å². The number of hydrogen-bond acceptors (Lipinski definition) is 2. The first-order valence-corrected chi connectivity index (χ1v) is 10.7. The molecule has 28 heavy (non-hydrogen) atoms. The van der Waals surface area contributed by atoms with Crippen LogP contribution < -0.4 is 5.32 Å².